The molecule has 0 bridgehead atoms. The zero-order valence-electron chi connectivity index (χ0n) is 12.5. The number of nitrogen functional groups attached to an aromatic ring is 1. The van der Waals surface area contributed by atoms with E-state index in [1.165, 1.54) is 12.6 Å². The Balaban J connectivity index is 2.13. The smallest absolute Gasteiger partial charge is 0.330 e. The molecule has 1 fully saturated rings. The molecular formula is C14H24N4O2. The van der Waals surface area contributed by atoms with Crippen LogP contribution in [-0.4, -0.2) is 14.7 Å². The Kier molecular flexibility index (Phi) is 4.01. The standard InChI is InChI=1S/C14H24N4O2/c1-14(2,3)10-5-4-6-11(8-7-10)17-13(15)12(9-16-17)18(19)20/h9-11H,4-8,15H2,1-3H3. The van der Waals surface area contributed by atoms with Crippen LogP contribution >= 0.6 is 0 Å². The summed E-state index contributed by atoms with van der Waals surface area (Å²) in [5, 5.41) is 15.0. The number of anilines is 1. The number of hydrogen-bond donors (Lipinski definition) is 1. The molecule has 6 nitrogen and oxygen atoms in total. The van der Waals surface area contributed by atoms with Crippen LogP contribution in [0.4, 0.5) is 11.5 Å². The molecule has 2 unspecified atom stereocenters. The first-order chi connectivity index (χ1) is 9.30. The third kappa shape index (κ3) is 2.94. The molecule has 0 spiro atoms. The van der Waals surface area contributed by atoms with Crippen LogP contribution in [0.25, 0.3) is 0 Å². The van der Waals surface area contributed by atoms with E-state index in [1.807, 2.05) is 0 Å². The molecule has 112 valence electrons. The summed E-state index contributed by atoms with van der Waals surface area (Å²) in [5.41, 5.74) is 6.10. The van der Waals surface area contributed by atoms with Crippen molar-refractivity contribution in [1.82, 2.24) is 9.78 Å². The Morgan fingerprint density at radius 2 is 2.05 bits per heavy atom. The van der Waals surface area contributed by atoms with Crippen LogP contribution in [0.2, 0.25) is 0 Å². The van der Waals surface area contributed by atoms with E-state index in [0.717, 1.165) is 25.7 Å². The van der Waals surface area contributed by atoms with Gasteiger partial charge in [0.2, 0.25) is 5.82 Å². The van der Waals surface area contributed by atoms with Crippen molar-refractivity contribution in [1.29, 1.82) is 0 Å². The van der Waals surface area contributed by atoms with E-state index in [-0.39, 0.29) is 17.5 Å². The molecule has 6 heteroatoms. The fraction of sp³-hybridized carbons (Fsp3) is 0.786. The molecule has 1 heterocycles. The van der Waals surface area contributed by atoms with Crippen LogP contribution in [0.1, 0.15) is 58.9 Å². The highest BCUT2D eigenvalue weighted by Crippen LogP contribution is 2.40. The third-order valence-corrected chi connectivity index (χ3v) is 4.52. The van der Waals surface area contributed by atoms with Gasteiger partial charge in [0.15, 0.2) is 0 Å². The number of rotatable bonds is 2. The van der Waals surface area contributed by atoms with Gasteiger partial charge >= 0.3 is 5.69 Å². The van der Waals surface area contributed by atoms with Crippen molar-refractivity contribution in [3.05, 3.63) is 16.3 Å². The first-order valence-corrected chi connectivity index (χ1v) is 7.28. The normalized spacial score (nSPS) is 24.4. The predicted molar refractivity (Wildman–Crippen MR) is 78.4 cm³/mol. The number of nitro groups is 1. The Morgan fingerprint density at radius 3 is 2.60 bits per heavy atom. The lowest BCUT2D eigenvalue weighted by atomic mass is 9.76. The fourth-order valence-electron chi connectivity index (χ4n) is 3.19. The van der Waals surface area contributed by atoms with E-state index in [1.54, 1.807) is 4.68 Å². The molecule has 0 aliphatic heterocycles. The molecular weight excluding hydrogens is 256 g/mol. The first-order valence-electron chi connectivity index (χ1n) is 7.28. The summed E-state index contributed by atoms with van der Waals surface area (Å²) in [6, 6.07) is 0.191. The molecule has 2 N–H and O–H groups in total. The topological polar surface area (TPSA) is 87.0 Å². The van der Waals surface area contributed by atoms with Crippen LogP contribution in [0.5, 0.6) is 0 Å². The van der Waals surface area contributed by atoms with E-state index in [2.05, 4.69) is 25.9 Å². The second kappa shape index (κ2) is 5.42. The van der Waals surface area contributed by atoms with Crippen LogP contribution in [0.3, 0.4) is 0 Å². The van der Waals surface area contributed by atoms with Crippen molar-refractivity contribution >= 4 is 11.5 Å². The minimum atomic E-state index is -0.465. The van der Waals surface area contributed by atoms with Crippen LogP contribution in [0.15, 0.2) is 6.20 Å². The van der Waals surface area contributed by atoms with Crippen molar-refractivity contribution in [3.8, 4) is 0 Å². The number of nitrogens with zero attached hydrogens (tertiary/aromatic N) is 3. The van der Waals surface area contributed by atoms with Gasteiger partial charge in [0.25, 0.3) is 0 Å². The van der Waals surface area contributed by atoms with Crippen LogP contribution in [-0.2, 0) is 0 Å². The van der Waals surface area contributed by atoms with Crippen molar-refractivity contribution in [2.24, 2.45) is 11.3 Å². The SMILES string of the molecule is CC(C)(C)C1CCCC(n2ncc([N+](=O)[O-])c2N)CC1. The fourth-order valence-corrected chi connectivity index (χ4v) is 3.19. The van der Waals surface area contributed by atoms with Crippen LogP contribution < -0.4 is 5.73 Å². The van der Waals surface area contributed by atoms with Gasteiger partial charge in [-0.05, 0) is 37.0 Å². The minimum absolute atomic E-state index is 0.0818. The zero-order valence-corrected chi connectivity index (χ0v) is 12.5. The number of aromatic nitrogens is 2. The first kappa shape index (κ1) is 14.8. The maximum absolute atomic E-state index is 10.8. The Bertz CT molecular complexity index is 490. The highest BCUT2D eigenvalue weighted by molar-refractivity contribution is 5.51. The summed E-state index contributed by atoms with van der Waals surface area (Å²) in [6.07, 6.45) is 6.71. The molecule has 1 aromatic rings. The van der Waals surface area contributed by atoms with E-state index >= 15 is 0 Å². The monoisotopic (exact) mass is 280 g/mol. The highest BCUT2D eigenvalue weighted by Gasteiger charge is 2.30. The highest BCUT2D eigenvalue weighted by atomic mass is 16.6. The Labute approximate surface area is 119 Å². The maximum Gasteiger partial charge on any atom is 0.330 e. The van der Waals surface area contributed by atoms with Gasteiger partial charge in [-0.25, -0.2) is 4.68 Å². The van der Waals surface area contributed by atoms with Crippen molar-refractivity contribution in [3.63, 3.8) is 0 Å². The molecule has 2 rings (SSSR count). The average molecular weight is 280 g/mol. The van der Waals surface area contributed by atoms with Gasteiger partial charge < -0.3 is 5.73 Å². The molecule has 1 aliphatic carbocycles. The lowest BCUT2D eigenvalue weighted by Crippen LogP contribution is -2.20. The summed E-state index contributed by atoms with van der Waals surface area (Å²) >= 11 is 0. The summed E-state index contributed by atoms with van der Waals surface area (Å²) in [7, 11) is 0. The third-order valence-electron chi connectivity index (χ3n) is 4.52. The summed E-state index contributed by atoms with van der Waals surface area (Å²) < 4.78 is 1.66. The van der Waals surface area contributed by atoms with E-state index in [9.17, 15) is 10.1 Å². The van der Waals surface area contributed by atoms with Gasteiger partial charge in [0.1, 0.15) is 6.20 Å². The summed E-state index contributed by atoms with van der Waals surface area (Å²) in [6.45, 7) is 6.85. The lowest BCUT2D eigenvalue weighted by molar-refractivity contribution is -0.384. The van der Waals surface area contributed by atoms with Gasteiger partial charge in [-0.3, -0.25) is 10.1 Å². The lowest BCUT2D eigenvalue weighted by Gasteiger charge is -2.29. The molecule has 0 saturated heterocycles. The maximum atomic E-state index is 10.8. The molecule has 2 atom stereocenters. The van der Waals surface area contributed by atoms with Gasteiger partial charge in [-0.1, -0.05) is 27.2 Å². The molecule has 1 aromatic heterocycles. The molecule has 0 amide bonds. The van der Waals surface area contributed by atoms with E-state index < -0.39 is 4.92 Å². The quantitative estimate of drug-likeness (QED) is 0.510. The molecule has 0 aromatic carbocycles. The summed E-state index contributed by atoms with van der Waals surface area (Å²) in [5.74, 6) is 0.883. The molecule has 1 saturated carbocycles. The van der Waals surface area contributed by atoms with Gasteiger partial charge in [0.05, 0.1) is 11.0 Å². The second-order valence-electron chi connectivity index (χ2n) is 6.84. The number of hydrogen-bond acceptors (Lipinski definition) is 4. The second-order valence-corrected chi connectivity index (χ2v) is 6.84. The molecule has 1 aliphatic rings. The number of nitrogens with two attached hydrogens (primary N) is 1. The van der Waals surface area contributed by atoms with Crippen molar-refractivity contribution in [2.45, 2.75) is 58.9 Å². The van der Waals surface area contributed by atoms with Crippen molar-refractivity contribution < 1.29 is 4.92 Å². The Hall–Kier alpha value is -1.59. The van der Waals surface area contributed by atoms with E-state index in [4.69, 9.17) is 5.73 Å². The average Bonchev–Trinajstić information content (AvgIpc) is 2.58. The van der Waals surface area contributed by atoms with Gasteiger partial charge in [-0.2, -0.15) is 5.10 Å². The largest absolute Gasteiger partial charge is 0.378 e. The van der Waals surface area contributed by atoms with Gasteiger partial charge in [0, 0.05) is 0 Å². The van der Waals surface area contributed by atoms with Crippen molar-refractivity contribution in [2.75, 3.05) is 5.73 Å². The predicted octanol–water partition coefficient (Wildman–Crippen LogP) is 3.54. The van der Waals surface area contributed by atoms with E-state index in [0.29, 0.717) is 11.3 Å². The van der Waals surface area contributed by atoms with Gasteiger partial charge in [-0.15, -0.1) is 0 Å². The summed E-state index contributed by atoms with van der Waals surface area (Å²) in [4.78, 5) is 10.4. The molecule has 0 radical (unpaired) electrons. The minimum Gasteiger partial charge on any atom is -0.378 e. The molecule has 20 heavy (non-hydrogen) atoms. The zero-order chi connectivity index (χ0) is 14.9. The Morgan fingerprint density at radius 1 is 1.35 bits per heavy atom. The van der Waals surface area contributed by atoms with Crippen LogP contribution in [0, 0.1) is 21.4 Å².